The van der Waals surface area contributed by atoms with E-state index in [1.54, 1.807) is 6.08 Å². The molecule has 0 aromatic rings. The molecule has 2 saturated carbocycles. The molecule has 1 nitrogen and oxygen atoms in total. The SMILES string of the molecule is CC=CC(=O)C1C(=CC)CCCC12CCCC2. The summed E-state index contributed by atoms with van der Waals surface area (Å²) < 4.78 is 0. The summed E-state index contributed by atoms with van der Waals surface area (Å²) in [7, 11) is 0. The van der Waals surface area contributed by atoms with Gasteiger partial charge in [0.2, 0.25) is 0 Å². The summed E-state index contributed by atoms with van der Waals surface area (Å²) in [6.45, 7) is 4.04. The van der Waals surface area contributed by atoms with Crippen LogP contribution in [0.3, 0.4) is 0 Å². The average molecular weight is 232 g/mol. The lowest BCUT2D eigenvalue weighted by molar-refractivity contribution is -0.121. The molecule has 0 bridgehead atoms. The number of allylic oxidation sites excluding steroid dienone is 4. The molecule has 2 fully saturated rings. The number of carbonyl (C=O) groups excluding carboxylic acids is 1. The molecule has 2 rings (SSSR count). The van der Waals surface area contributed by atoms with Crippen molar-refractivity contribution in [3.05, 3.63) is 23.8 Å². The maximum atomic E-state index is 12.4. The molecule has 0 N–H and O–H groups in total. The summed E-state index contributed by atoms with van der Waals surface area (Å²) in [6.07, 6.45) is 14.7. The zero-order chi connectivity index (χ0) is 12.3. The highest BCUT2D eigenvalue weighted by atomic mass is 16.1. The van der Waals surface area contributed by atoms with Gasteiger partial charge < -0.3 is 0 Å². The van der Waals surface area contributed by atoms with Crippen LogP contribution in [0.25, 0.3) is 0 Å². The Labute approximate surface area is 105 Å². The van der Waals surface area contributed by atoms with Crippen LogP contribution in [0.5, 0.6) is 0 Å². The highest BCUT2D eigenvalue weighted by Crippen LogP contribution is 2.54. The monoisotopic (exact) mass is 232 g/mol. The van der Waals surface area contributed by atoms with Gasteiger partial charge in [0.25, 0.3) is 0 Å². The van der Waals surface area contributed by atoms with Crippen molar-refractivity contribution < 1.29 is 4.79 Å². The molecule has 1 unspecified atom stereocenters. The number of hydrogen-bond donors (Lipinski definition) is 0. The van der Waals surface area contributed by atoms with Crippen LogP contribution >= 0.6 is 0 Å². The van der Waals surface area contributed by atoms with Crippen molar-refractivity contribution in [2.24, 2.45) is 11.3 Å². The molecule has 0 amide bonds. The average Bonchev–Trinajstić information content (AvgIpc) is 2.77. The Hall–Kier alpha value is -0.850. The summed E-state index contributed by atoms with van der Waals surface area (Å²) in [4.78, 5) is 12.4. The second-order valence-electron chi connectivity index (χ2n) is 5.62. The van der Waals surface area contributed by atoms with E-state index in [9.17, 15) is 4.79 Å². The fourth-order valence-corrected chi connectivity index (χ4v) is 4.00. The van der Waals surface area contributed by atoms with E-state index < -0.39 is 0 Å². The zero-order valence-corrected chi connectivity index (χ0v) is 11.2. The number of rotatable bonds is 2. The Kier molecular flexibility index (Phi) is 3.86. The predicted molar refractivity (Wildman–Crippen MR) is 71.8 cm³/mol. The third-order valence-corrected chi connectivity index (χ3v) is 4.71. The van der Waals surface area contributed by atoms with Crippen LogP contribution in [0, 0.1) is 11.3 Å². The van der Waals surface area contributed by atoms with Crippen molar-refractivity contribution >= 4 is 5.78 Å². The Morgan fingerprint density at radius 3 is 2.41 bits per heavy atom. The minimum absolute atomic E-state index is 0.194. The van der Waals surface area contributed by atoms with Gasteiger partial charge in [0, 0.05) is 5.92 Å². The van der Waals surface area contributed by atoms with Gasteiger partial charge >= 0.3 is 0 Å². The van der Waals surface area contributed by atoms with E-state index in [2.05, 4.69) is 13.0 Å². The fraction of sp³-hybridized carbons (Fsp3) is 0.688. The normalized spacial score (nSPS) is 30.5. The summed E-state index contributed by atoms with van der Waals surface area (Å²) in [5, 5.41) is 0. The quantitative estimate of drug-likeness (QED) is 0.508. The molecule has 17 heavy (non-hydrogen) atoms. The first-order valence-electron chi connectivity index (χ1n) is 7.05. The molecule has 0 aromatic carbocycles. The summed E-state index contributed by atoms with van der Waals surface area (Å²) in [6, 6.07) is 0. The topological polar surface area (TPSA) is 17.1 Å². The molecule has 2 aliphatic carbocycles. The molecular formula is C16H24O. The fourth-order valence-electron chi connectivity index (χ4n) is 4.00. The molecule has 1 spiro atoms. The largest absolute Gasteiger partial charge is 0.294 e. The minimum Gasteiger partial charge on any atom is -0.294 e. The van der Waals surface area contributed by atoms with E-state index in [4.69, 9.17) is 0 Å². The van der Waals surface area contributed by atoms with Gasteiger partial charge in [-0.3, -0.25) is 4.79 Å². The van der Waals surface area contributed by atoms with E-state index in [0.29, 0.717) is 11.2 Å². The van der Waals surface area contributed by atoms with Crippen molar-refractivity contribution in [3.8, 4) is 0 Å². The highest BCUT2D eigenvalue weighted by molar-refractivity contribution is 5.94. The van der Waals surface area contributed by atoms with Crippen LogP contribution in [0.1, 0.15) is 58.8 Å². The third kappa shape index (κ3) is 2.25. The van der Waals surface area contributed by atoms with Crippen LogP contribution in [0.2, 0.25) is 0 Å². The number of hydrogen-bond acceptors (Lipinski definition) is 1. The molecule has 1 atom stereocenters. The minimum atomic E-state index is 0.194. The van der Waals surface area contributed by atoms with Crippen LogP contribution in [0.15, 0.2) is 23.8 Å². The van der Waals surface area contributed by atoms with Gasteiger partial charge in [0.05, 0.1) is 0 Å². The lowest BCUT2D eigenvalue weighted by atomic mass is 9.61. The highest BCUT2D eigenvalue weighted by Gasteiger charge is 2.46. The third-order valence-electron chi connectivity index (χ3n) is 4.71. The van der Waals surface area contributed by atoms with Gasteiger partial charge in [-0.05, 0) is 57.4 Å². The van der Waals surface area contributed by atoms with Crippen molar-refractivity contribution in [1.29, 1.82) is 0 Å². The van der Waals surface area contributed by atoms with E-state index >= 15 is 0 Å². The second-order valence-corrected chi connectivity index (χ2v) is 5.62. The van der Waals surface area contributed by atoms with Gasteiger partial charge in [-0.1, -0.05) is 30.6 Å². The first kappa shape index (κ1) is 12.6. The predicted octanol–water partition coefficient (Wildman–Crippen LogP) is 4.44. The molecule has 1 heteroatoms. The van der Waals surface area contributed by atoms with Crippen LogP contribution in [-0.4, -0.2) is 5.78 Å². The van der Waals surface area contributed by atoms with E-state index in [-0.39, 0.29) is 5.92 Å². The maximum Gasteiger partial charge on any atom is 0.163 e. The first-order valence-corrected chi connectivity index (χ1v) is 7.05. The standard InChI is InChI=1S/C16H24O/c1-3-8-14(17)15-13(4-2)9-7-12-16(15)10-5-6-11-16/h3-4,8,15H,5-7,9-12H2,1-2H3. The molecule has 0 radical (unpaired) electrons. The van der Waals surface area contributed by atoms with Gasteiger partial charge in [0.1, 0.15) is 0 Å². The van der Waals surface area contributed by atoms with Crippen LogP contribution in [-0.2, 0) is 4.79 Å². The van der Waals surface area contributed by atoms with Gasteiger partial charge in [-0.2, -0.15) is 0 Å². The second kappa shape index (κ2) is 5.20. The molecule has 2 aliphatic rings. The van der Waals surface area contributed by atoms with Crippen molar-refractivity contribution in [1.82, 2.24) is 0 Å². The molecule has 0 saturated heterocycles. The zero-order valence-electron chi connectivity index (χ0n) is 11.2. The van der Waals surface area contributed by atoms with E-state index in [1.165, 1.54) is 44.1 Å². The first-order chi connectivity index (χ1) is 8.23. The van der Waals surface area contributed by atoms with E-state index in [1.807, 2.05) is 13.0 Å². The Morgan fingerprint density at radius 1 is 1.18 bits per heavy atom. The van der Waals surface area contributed by atoms with Crippen molar-refractivity contribution in [3.63, 3.8) is 0 Å². The van der Waals surface area contributed by atoms with Gasteiger partial charge in [-0.25, -0.2) is 0 Å². The van der Waals surface area contributed by atoms with Crippen LogP contribution in [0.4, 0.5) is 0 Å². The Bertz CT molecular complexity index is 343. The Balaban J connectivity index is 2.33. The molecule has 0 aromatic heterocycles. The lowest BCUT2D eigenvalue weighted by Crippen LogP contribution is -2.37. The molecule has 94 valence electrons. The van der Waals surface area contributed by atoms with Crippen molar-refractivity contribution in [2.75, 3.05) is 0 Å². The summed E-state index contributed by atoms with van der Waals surface area (Å²) in [5.74, 6) is 0.544. The lowest BCUT2D eigenvalue weighted by Gasteiger charge is -2.42. The smallest absolute Gasteiger partial charge is 0.163 e. The summed E-state index contributed by atoms with van der Waals surface area (Å²) in [5.41, 5.74) is 1.72. The summed E-state index contributed by atoms with van der Waals surface area (Å²) >= 11 is 0. The molecular weight excluding hydrogens is 208 g/mol. The van der Waals surface area contributed by atoms with Gasteiger partial charge in [-0.15, -0.1) is 0 Å². The molecule has 0 aliphatic heterocycles. The van der Waals surface area contributed by atoms with E-state index in [0.717, 1.165) is 6.42 Å². The molecule has 0 heterocycles. The van der Waals surface area contributed by atoms with Crippen molar-refractivity contribution in [2.45, 2.75) is 58.8 Å². The number of carbonyl (C=O) groups is 1. The Morgan fingerprint density at radius 2 is 1.82 bits per heavy atom. The van der Waals surface area contributed by atoms with Gasteiger partial charge in [0.15, 0.2) is 5.78 Å². The van der Waals surface area contributed by atoms with Crippen LogP contribution < -0.4 is 0 Å². The maximum absolute atomic E-state index is 12.4. The number of ketones is 1.